The van der Waals surface area contributed by atoms with Crippen molar-refractivity contribution in [3.8, 4) is 0 Å². The molecule has 0 saturated heterocycles. The number of fused-ring (bicyclic) bond motifs is 1. The first-order valence-electron chi connectivity index (χ1n) is 10.9. The number of nitrogens with zero attached hydrogens (tertiary/aromatic N) is 2. The summed E-state index contributed by atoms with van der Waals surface area (Å²) in [5.41, 5.74) is 1.54. The molecule has 1 aromatic carbocycles. The molecule has 1 aliphatic rings. The molecule has 1 fully saturated rings. The molecule has 3 aromatic rings. The van der Waals surface area contributed by atoms with Crippen LogP contribution in [-0.2, 0) is 4.74 Å². The molecule has 2 aromatic heterocycles. The summed E-state index contributed by atoms with van der Waals surface area (Å²) < 4.78 is 19.5. The molecular formula is C24H26FN3O3S. The highest BCUT2D eigenvalue weighted by atomic mass is 32.1. The number of thiazole rings is 1. The maximum atomic E-state index is 13.7. The van der Waals surface area contributed by atoms with Crippen LogP contribution >= 0.6 is 11.3 Å². The number of aromatic nitrogens is 2. The van der Waals surface area contributed by atoms with Crippen molar-refractivity contribution in [2.75, 3.05) is 12.4 Å². The van der Waals surface area contributed by atoms with Crippen LogP contribution < -0.4 is 5.32 Å². The van der Waals surface area contributed by atoms with Crippen LogP contribution in [0.4, 0.5) is 10.1 Å². The van der Waals surface area contributed by atoms with Crippen LogP contribution in [0.2, 0.25) is 0 Å². The van der Waals surface area contributed by atoms with E-state index in [1.54, 1.807) is 30.4 Å². The zero-order chi connectivity index (χ0) is 22.8. The minimum Gasteiger partial charge on any atom is -0.465 e. The molecular weight excluding hydrogens is 429 g/mol. The van der Waals surface area contributed by atoms with E-state index in [4.69, 9.17) is 9.72 Å². The van der Waals surface area contributed by atoms with E-state index in [1.807, 2.05) is 0 Å². The molecule has 168 valence electrons. The largest absolute Gasteiger partial charge is 0.465 e. The SMILES string of the molecule is CCC1CCC(c2nc3cc(C(=O)OC)c(NC(=O)c4cc(F)cc(C)n4)cc3s2)CC1. The van der Waals surface area contributed by atoms with Crippen LogP contribution in [0.5, 0.6) is 0 Å². The monoisotopic (exact) mass is 455 g/mol. The predicted molar refractivity (Wildman–Crippen MR) is 123 cm³/mol. The topological polar surface area (TPSA) is 81.2 Å². The van der Waals surface area contributed by atoms with Crippen LogP contribution in [-0.4, -0.2) is 29.0 Å². The van der Waals surface area contributed by atoms with Crippen LogP contribution in [0, 0.1) is 18.7 Å². The van der Waals surface area contributed by atoms with Gasteiger partial charge in [-0.15, -0.1) is 11.3 Å². The van der Waals surface area contributed by atoms with Crippen LogP contribution in [0.3, 0.4) is 0 Å². The lowest BCUT2D eigenvalue weighted by molar-refractivity contribution is 0.0602. The number of amides is 1. The van der Waals surface area contributed by atoms with E-state index >= 15 is 0 Å². The van der Waals surface area contributed by atoms with Gasteiger partial charge in [0, 0.05) is 17.7 Å². The van der Waals surface area contributed by atoms with E-state index in [1.165, 1.54) is 32.4 Å². The highest BCUT2D eigenvalue weighted by molar-refractivity contribution is 7.18. The minimum atomic E-state index is -0.597. The number of pyridine rings is 1. The van der Waals surface area contributed by atoms with E-state index < -0.39 is 17.7 Å². The van der Waals surface area contributed by atoms with Crippen molar-refractivity contribution in [3.63, 3.8) is 0 Å². The maximum absolute atomic E-state index is 13.7. The Morgan fingerprint density at radius 3 is 2.56 bits per heavy atom. The van der Waals surface area contributed by atoms with Gasteiger partial charge in [-0.2, -0.15) is 0 Å². The molecule has 6 nitrogen and oxygen atoms in total. The van der Waals surface area contributed by atoms with Gasteiger partial charge in [0.05, 0.1) is 33.6 Å². The number of hydrogen-bond donors (Lipinski definition) is 1. The molecule has 8 heteroatoms. The van der Waals surface area contributed by atoms with Gasteiger partial charge in [-0.25, -0.2) is 19.2 Å². The van der Waals surface area contributed by atoms with Crippen molar-refractivity contribution < 1.29 is 18.7 Å². The number of halogens is 1. The first-order chi connectivity index (χ1) is 15.4. The molecule has 0 aliphatic heterocycles. The maximum Gasteiger partial charge on any atom is 0.340 e. The molecule has 4 rings (SSSR count). The van der Waals surface area contributed by atoms with Crippen LogP contribution in [0.15, 0.2) is 24.3 Å². The van der Waals surface area contributed by atoms with Crippen molar-refractivity contribution in [2.45, 2.75) is 51.9 Å². The van der Waals surface area contributed by atoms with E-state index in [-0.39, 0.29) is 11.3 Å². The van der Waals surface area contributed by atoms with Gasteiger partial charge in [-0.3, -0.25) is 4.79 Å². The van der Waals surface area contributed by atoms with Crippen molar-refractivity contribution in [1.29, 1.82) is 0 Å². The number of nitrogens with one attached hydrogen (secondary N) is 1. The summed E-state index contributed by atoms with van der Waals surface area (Å²) >= 11 is 1.59. The number of esters is 1. The summed E-state index contributed by atoms with van der Waals surface area (Å²) in [6, 6.07) is 5.70. The number of carbonyl (C=O) groups is 2. The Morgan fingerprint density at radius 1 is 1.16 bits per heavy atom. The average molecular weight is 456 g/mol. The smallest absolute Gasteiger partial charge is 0.340 e. The second kappa shape index (κ2) is 9.32. The standard InChI is InChI=1S/C24H26FN3O3S/c1-4-14-5-7-15(8-6-14)23-28-19-11-17(24(30)31-3)18(12-21(19)32-23)27-22(29)20-10-16(25)9-13(2)26-20/h9-12,14-15H,4-8H2,1-3H3,(H,27,29). The zero-order valence-electron chi connectivity index (χ0n) is 18.4. The van der Waals surface area contributed by atoms with Gasteiger partial charge in [0.15, 0.2) is 0 Å². The summed E-state index contributed by atoms with van der Waals surface area (Å²) in [6.07, 6.45) is 5.89. The lowest BCUT2D eigenvalue weighted by Crippen LogP contribution is -2.17. The lowest BCUT2D eigenvalue weighted by Gasteiger charge is -2.26. The summed E-state index contributed by atoms with van der Waals surface area (Å²) in [7, 11) is 1.29. The Bertz CT molecular complexity index is 1150. The lowest BCUT2D eigenvalue weighted by atomic mass is 9.81. The highest BCUT2D eigenvalue weighted by Crippen LogP contribution is 2.40. The number of anilines is 1. The Labute approximate surface area is 190 Å². The molecule has 0 unspecified atom stereocenters. The van der Waals surface area contributed by atoms with E-state index in [2.05, 4.69) is 17.2 Å². The number of carbonyl (C=O) groups excluding carboxylic acids is 2. The first kappa shape index (κ1) is 22.3. The number of aryl methyl sites for hydroxylation is 1. The summed E-state index contributed by atoms with van der Waals surface area (Å²) in [5.74, 6) is -0.498. The Morgan fingerprint density at radius 2 is 1.91 bits per heavy atom. The molecule has 1 N–H and O–H groups in total. The van der Waals surface area contributed by atoms with Gasteiger partial charge in [0.25, 0.3) is 5.91 Å². The molecule has 1 saturated carbocycles. The molecule has 1 amide bonds. The van der Waals surface area contributed by atoms with Crippen LogP contribution in [0.25, 0.3) is 10.2 Å². The third kappa shape index (κ3) is 4.65. The van der Waals surface area contributed by atoms with Gasteiger partial charge in [0.2, 0.25) is 0 Å². The molecule has 0 radical (unpaired) electrons. The summed E-state index contributed by atoms with van der Waals surface area (Å²) in [6.45, 7) is 3.85. The Kier molecular flexibility index (Phi) is 6.50. The van der Waals surface area contributed by atoms with E-state index in [0.29, 0.717) is 22.8 Å². The molecule has 1 aliphatic carbocycles. The van der Waals surface area contributed by atoms with Gasteiger partial charge >= 0.3 is 5.97 Å². The molecule has 0 bridgehead atoms. The molecule has 2 heterocycles. The Balaban J connectivity index is 1.66. The van der Waals surface area contributed by atoms with Gasteiger partial charge in [-0.1, -0.05) is 13.3 Å². The number of rotatable bonds is 5. The molecule has 0 spiro atoms. The number of benzene rings is 1. The first-order valence-corrected chi connectivity index (χ1v) is 11.7. The van der Waals surface area contributed by atoms with Gasteiger partial charge in [0.1, 0.15) is 11.5 Å². The van der Waals surface area contributed by atoms with Crippen molar-refractivity contribution >= 4 is 39.1 Å². The third-order valence-corrected chi connectivity index (χ3v) is 7.30. The van der Waals surface area contributed by atoms with E-state index in [0.717, 1.165) is 34.5 Å². The second-order valence-electron chi connectivity index (χ2n) is 8.30. The summed E-state index contributed by atoms with van der Waals surface area (Å²) in [5, 5.41) is 3.77. The second-order valence-corrected chi connectivity index (χ2v) is 9.36. The van der Waals surface area contributed by atoms with Crippen molar-refractivity contribution in [1.82, 2.24) is 9.97 Å². The molecule has 32 heavy (non-hydrogen) atoms. The normalized spacial score (nSPS) is 18.5. The number of hydrogen-bond acceptors (Lipinski definition) is 6. The minimum absolute atomic E-state index is 0.0592. The fourth-order valence-electron chi connectivity index (χ4n) is 4.30. The Hall–Kier alpha value is -2.87. The van der Waals surface area contributed by atoms with Gasteiger partial charge in [-0.05, 0) is 56.7 Å². The van der Waals surface area contributed by atoms with E-state index in [9.17, 15) is 14.0 Å². The highest BCUT2D eigenvalue weighted by Gasteiger charge is 2.25. The number of ether oxygens (including phenoxy) is 1. The fraction of sp³-hybridized carbons (Fsp3) is 0.417. The van der Waals surface area contributed by atoms with Crippen LogP contribution in [0.1, 0.15) is 76.5 Å². The van der Waals surface area contributed by atoms with Crippen molar-refractivity contribution in [3.05, 3.63) is 52.0 Å². The van der Waals surface area contributed by atoms with Gasteiger partial charge < -0.3 is 10.1 Å². The number of methoxy groups -OCH3 is 1. The third-order valence-electron chi connectivity index (χ3n) is 6.12. The summed E-state index contributed by atoms with van der Waals surface area (Å²) in [4.78, 5) is 34.0. The fourth-order valence-corrected chi connectivity index (χ4v) is 5.45. The zero-order valence-corrected chi connectivity index (χ0v) is 19.2. The average Bonchev–Trinajstić information content (AvgIpc) is 3.20. The molecule has 0 atom stereocenters. The predicted octanol–water partition coefficient (Wildman–Crippen LogP) is 5.86. The quantitative estimate of drug-likeness (QED) is 0.487. The van der Waals surface area contributed by atoms with Crippen molar-refractivity contribution in [2.24, 2.45) is 5.92 Å².